The van der Waals surface area contributed by atoms with Crippen molar-refractivity contribution < 1.29 is 9.15 Å². The van der Waals surface area contributed by atoms with Crippen LogP contribution in [-0.4, -0.2) is 6.40 Å². The van der Waals surface area contributed by atoms with Gasteiger partial charge in [0.25, 0.3) is 0 Å². The van der Waals surface area contributed by atoms with Gasteiger partial charge in [-0.3, -0.25) is 0 Å². The Balaban J connectivity index is 2.57. The average molecular weight is 159 g/mol. The number of nitrogens with zero attached hydrogens (tertiary/aromatic N) is 1. The van der Waals surface area contributed by atoms with Gasteiger partial charge in [0.2, 0.25) is 0 Å². The number of rotatable bonds is 0. The van der Waals surface area contributed by atoms with Crippen LogP contribution in [0.25, 0.3) is 11.0 Å². The van der Waals surface area contributed by atoms with Crippen molar-refractivity contribution in [2.75, 3.05) is 0 Å². The van der Waals surface area contributed by atoms with Gasteiger partial charge in [-0.25, -0.2) is 4.99 Å². The van der Waals surface area contributed by atoms with Crippen LogP contribution in [0.3, 0.4) is 0 Å². The van der Waals surface area contributed by atoms with Crippen molar-refractivity contribution in [1.82, 2.24) is 0 Å². The molecule has 2 heterocycles. The van der Waals surface area contributed by atoms with E-state index in [0.717, 1.165) is 22.4 Å². The number of hydrogen-bond donors (Lipinski definition) is 0. The van der Waals surface area contributed by atoms with Crippen LogP contribution < -0.4 is 4.74 Å². The average Bonchev–Trinajstić information content (AvgIpc) is 2.52. The monoisotopic (exact) mass is 159 g/mol. The minimum Gasteiger partial charge on any atom is -0.462 e. The van der Waals surface area contributed by atoms with Gasteiger partial charge in [0.15, 0.2) is 6.40 Å². The van der Waals surface area contributed by atoms with Crippen molar-refractivity contribution in [3.05, 3.63) is 24.5 Å². The van der Waals surface area contributed by atoms with Crippen LogP contribution in [0.15, 0.2) is 33.9 Å². The molecular formula is C9H5NO2. The van der Waals surface area contributed by atoms with E-state index < -0.39 is 0 Å². The molecule has 12 heavy (non-hydrogen) atoms. The molecule has 0 bridgehead atoms. The van der Waals surface area contributed by atoms with E-state index in [0.29, 0.717) is 0 Å². The maximum absolute atomic E-state index is 5.27. The molecular weight excluding hydrogens is 154 g/mol. The predicted octanol–water partition coefficient (Wildman–Crippen LogP) is 2.49. The molecule has 0 atom stereocenters. The van der Waals surface area contributed by atoms with Crippen LogP contribution >= 0.6 is 0 Å². The fourth-order valence-electron chi connectivity index (χ4n) is 1.37. The second-order valence-electron chi connectivity index (χ2n) is 2.60. The molecule has 0 unspecified atom stereocenters. The predicted molar refractivity (Wildman–Crippen MR) is 45.0 cm³/mol. The summed E-state index contributed by atoms with van der Waals surface area (Å²) in [6.07, 6.45) is 3.06. The van der Waals surface area contributed by atoms with Gasteiger partial charge < -0.3 is 9.15 Å². The highest BCUT2D eigenvalue weighted by atomic mass is 16.5. The Labute approximate surface area is 68.3 Å². The topological polar surface area (TPSA) is 34.7 Å². The third-order valence-electron chi connectivity index (χ3n) is 1.91. The molecule has 58 valence electrons. The summed E-state index contributed by atoms with van der Waals surface area (Å²) < 4.78 is 10.5. The van der Waals surface area contributed by atoms with Gasteiger partial charge in [0, 0.05) is 0 Å². The maximum Gasteiger partial charge on any atom is 0.181 e. The number of furan rings is 1. The van der Waals surface area contributed by atoms with Gasteiger partial charge >= 0.3 is 0 Å². The van der Waals surface area contributed by atoms with Gasteiger partial charge in [-0.1, -0.05) is 6.07 Å². The molecule has 0 radical (unpaired) electrons. The zero-order chi connectivity index (χ0) is 7.97. The van der Waals surface area contributed by atoms with Gasteiger partial charge in [-0.05, 0) is 12.1 Å². The molecule has 3 heteroatoms. The first-order valence-electron chi connectivity index (χ1n) is 3.64. The fraction of sp³-hybridized carbons (Fsp3) is 0. The first-order valence-corrected chi connectivity index (χ1v) is 3.64. The Hall–Kier alpha value is -1.77. The molecule has 2 aromatic rings. The molecule has 1 aliphatic heterocycles. The highest BCUT2D eigenvalue weighted by molar-refractivity contribution is 5.97. The Morgan fingerprint density at radius 2 is 2.25 bits per heavy atom. The lowest BCUT2D eigenvalue weighted by molar-refractivity contribution is 0.577. The fourth-order valence-corrected chi connectivity index (χ4v) is 1.37. The molecule has 1 aromatic heterocycles. The number of aliphatic imine (C=N–C) groups is 1. The van der Waals surface area contributed by atoms with Crippen molar-refractivity contribution in [1.29, 1.82) is 0 Å². The van der Waals surface area contributed by atoms with Crippen LogP contribution in [0.4, 0.5) is 5.69 Å². The molecule has 0 saturated heterocycles. The Morgan fingerprint density at radius 1 is 1.25 bits per heavy atom. The third kappa shape index (κ3) is 0.580. The number of hydrogen-bond acceptors (Lipinski definition) is 3. The molecule has 0 aliphatic carbocycles. The van der Waals surface area contributed by atoms with E-state index in [1.807, 2.05) is 18.2 Å². The molecule has 3 nitrogen and oxygen atoms in total. The lowest BCUT2D eigenvalue weighted by Crippen LogP contribution is -1.92. The Kier molecular flexibility index (Phi) is 0.913. The van der Waals surface area contributed by atoms with Crippen LogP contribution in [0, 0.1) is 0 Å². The van der Waals surface area contributed by atoms with Crippen LogP contribution in [-0.2, 0) is 0 Å². The number of benzene rings is 1. The minimum absolute atomic E-state index is 0.811. The molecule has 0 saturated carbocycles. The molecule has 1 aliphatic rings. The second kappa shape index (κ2) is 1.88. The van der Waals surface area contributed by atoms with E-state index in [1.165, 1.54) is 6.40 Å². The minimum atomic E-state index is 0.811. The zero-order valence-electron chi connectivity index (χ0n) is 6.15. The van der Waals surface area contributed by atoms with Crippen molar-refractivity contribution in [3.63, 3.8) is 0 Å². The molecule has 0 spiro atoms. The lowest BCUT2D eigenvalue weighted by Gasteiger charge is -2.04. The summed E-state index contributed by atoms with van der Waals surface area (Å²) in [7, 11) is 0. The summed E-state index contributed by atoms with van der Waals surface area (Å²) in [6.45, 7) is 0. The summed E-state index contributed by atoms with van der Waals surface area (Å²) in [5.74, 6) is 0.811. The van der Waals surface area contributed by atoms with Crippen molar-refractivity contribution in [3.8, 4) is 5.75 Å². The third-order valence-corrected chi connectivity index (χ3v) is 1.91. The summed E-state index contributed by atoms with van der Waals surface area (Å²) in [4.78, 5) is 4.03. The molecule has 0 N–H and O–H groups in total. The standard InChI is InChI=1S/C9H5NO2/c1-2-7-9-6(4-11-7)10-5-12-8(9)3-1/h1-5H. The van der Waals surface area contributed by atoms with Crippen LogP contribution in [0.5, 0.6) is 5.75 Å². The first kappa shape index (κ1) is 5.83. The SMILES string of the molecule is C1=Nc2coc3cccc(c23)O1. The molecule has 0 amide bonds. The Morgan fingerprint density at radius 3 is 3.25 bits per heavy atom. The van der Waals surface area contributed by atoms with E-state index in [4.69, 9.17) is 9.15 Å². The lowest BCUT2D eigenvalue weighted by atomic mass is 10.2. The normalized spacial score (nSPS) is 13.3. The van der Waals surface area contributed by atoms with E-state index in [-0.39, 0.29) is 0 Å². The molecule has 1 aromatic carbocycles. The summed E-state index contributed by atoms with van der Waals surface area (Å²) >= 11 is 0. The second-order valence-corrected chi connectivity index (χ2v) is 2.60. The molecule has 0 fully saturated rings. The smallest absolute Gasteiger partial charge is 0.181 e. The largest absolute Gasteiger partial charge is 0.462 e. The van der Waals surface area contributed by atoms with Gasteiger partial charge in [-0.15, -0.1) is 0 Å². The van der Waals surface area contributed by atoms with Crippen molar-refractivity contribution in [2.45, 2.75) is 0 Å². The van der Waals surface area contributed by atoms with E-state index in [9.17, 15) is 0 Å². The summed E-state index contributed by atoms with van der Waals surface area (Å²) in [6, 6.07) is 5.68. The Bertz CT molecular complexity index is 470. The van der Waals surface area contributed by atoms with Gasteiger partial charge in [0.05, 0.1) is 5.39 Å². The summed E-state index contributed by atoms with van der Waals surface area (Å²) in [5, 5.41) is 0.958. The summed E-state index contributed by atoms with van der Waals surface area (Å²) in [5.41, 5.74) is 1.66. The highest BCUT2D eigenvalue weighted by Crippen LogP contribution is 2.37. The maximum atomic E-state index is 5.27. The highest BCUT2D eigenvalue weighted by Gasteiger charge is 2.12. The van der Waals surface area contributed by atoms with E-state index in [2.05, 4.69) is 4.99 Å². The van der Waals surface area contributed by atoms with Gasteiger partial charge in [-0.2, -0.15) is 0 Å². The van der Waals surface area contributed by atoms with Crippen LogP contribution in [0.1, 0.15) is 0 Å². The molecule has 3 rings (SSSR count). The van der Waals surface area contributed by atoms with Crippen LogP contribution in [0.2, 0.25) is 0 Å². The van der Waals surface area contributed by atoms with E-state index >= 15 is 0 Å². The van der Waals surface area contributed by atoms with Crippen molar-refractivity contribution >= 4 is 23.1 Å². The first-order chi connectivity index (χ1) is 5.95. The van der Waals surface area contributed by atoms with Crippen molar-refractivity contribution in [2.24, 2.45) is 4.99 Å². The van der Waals surface area contributed by atoms with Gasteiger partial charge in [0.1, 0.15) is 23.3 Å². The quantitative estimate of drug-likeness (QED) is 0.591. The zero-order valence-corrected chi connectivity index (χ0v) is 6.15. The number of ether oxygens (including phenoxy) is 1. The van der Waals surface area contributed by atoms with E-state index in [1.54, 1.807) is 6.26 Å².